The first kappa shape index (κ1) is 11.7. The number of hydrogen-bond donors (Lipinski definition) is 0. The van der Waals surface area contributed by atoms with Crippen molar-refractivity contribution in [1.82, 2.24) is 9.97 Å². The summed E-state index contributed by atoms with van der Waals surface area (Å²) >= 11 is 0. The first-order chi connectivity index (χ1) is 6.79. The van der Waals surface area contributed by atoms with Gasteiger partial charge in [-0.25, -0.2) is 13.8 Å². The molecular formula is C9H12F3N3. The first-order valence-electron chi connectivity index (χ1n) is 4.38. The average molecular weight is 219 g/mol. The maximum Gasteiger partial charge on any atom is 0.310 e. The summed E-state index contributed by atoms with van der Waals surface area (Å²) in [6.07, 6.45) is 0.351. The number of hydrogen-bond acceptors (Lipinski definition) is 3. The summed E-state index contributed by atoms with van der Waals surface area (Å²) in [5.41, 5.74) is 0.558. The lowest BCUT2D eigenvalue weighted by molar-refractivity contribution is 0.0308. The van der Waals surface area contributed by atoms with E-state index >= 15 is 0 Å². The number of rotatable bonds is 3. The van der Waals surface area contributed by atoms with Crippen molar-refractivity contribution in [3.63, 3.8) is 0 Å². The van der Waals surface area contributed by atoms with E-state index in [-0.39, 0.29) is 5.82 Å². The van der Waals surface area contributed by atoms with Crippen molar-refractivity contribution in [3.8, 4) is 0 Å². The zero-order valence-corrected chi connectivity index (χ0v) is 8.76. The topological polar surface area (TPSA) is 29.0 Å². The molecular weight excluding hydrogens is 207 g/mol. The molecule has 0 fully saturated rings. The number of anilines is 1. The maximum atomic E-state index is 12.7. The fourth-order valence-electron chi connectivity index (χ4n) is 1.29. The third-order valence-corrected chi connectivity index (χ3v) is 1.79. The van der Waals surface area contributed by atoms with Crippen LogP contribution in [0, 0.1) is 13.0 Å². The molecule has 0 N–H and O–H groups in total. The molecule has 0 radical (unpaired) electrons. The van der Waals surface area contributed by atoms with Gasteiger partial charge in [0.05, 0.1) is 6.54 Å². The molecule has 0 spiro atoms. The van der Waals surface area contributed by atoms with Gasteiger partial charge in [0.25, 0.3) is 5.92 Å². The van der Waals surface area contributed by atoms with Crippen LogP contribution in [0.3, 0.4) is 0 Å². The quantitative estimate of drug-likeness (QED) is 0.728. The molecule has 0 aliphatic rings. The molecule has 0 aliphatic carbocycles. The van der Waals surface area contributed by atoms with Crippen LogP contribution in [0.15, 0.2) is 6.20 Å². The fourth-order valence-corrected chi connectivity index (χ4v) is 1.29. The zero-order valence-electron chi connectivity index (χ0n) is 8.76. The van der Waals surface area contributed by atoms with Crippen LogP contribution in [0.1, 0.15) is 12.5 Å². The first-order valence-corrected chi connectivity index (χ1v) is 4.38. The van der Waals surface area contributed by atoms with Crippen LogP contribution in [0.2, 0.25) is 0 Å². The number of alkyl halides is 2. The van der Waals surface area contributed by atoms with Gasteiger partial charge >= 0.3 is 6.08 Å². The summed E-state index contributed by atoms with van der Waals surface area (Å²) in [4.78, 5) is 8.01. The molecule has 1 aromatic rings. The van der Waals surface area contributed by atoms with E-state index in [9.17, 15) is 13.2 Å². The van der Waals surface area contributed by atoms with Gasteiger partial charge in [0.15, 0.2) is 0 Å². The molecule has 84 valence electrons. The normalized spacial score (nSPS) is 11.6. The number of nitrogens with zero attached hydrogens (tertiary/aromatic N) is 3. The Morgan fingerprint density at radius 1 is 1.47 bits per heavy atom. The molecule has 0 saturated heterocycles. The summed E-state index contributed by atoms with van der Waals surface area (Å²) in [6, 6.07) is 0. The van der Waals surface area contributed by atoms with Crippen LogP contribution < -0.4 is 4.90 Å². The maximum absolute atomic E-state index is 12.7. The van der Waals surface area contributed by atoms with Gasteiger partial charge in [-0.3, -0.25) is 0 Å². The second-order valence-electron chi connectivity index (χ2n) is 3.57. The predicted octanol–water partition coefficient (Wildman–Crippen LogP) is 2.02. The molecule has 3 nitrogen and oxygen atoms in total. The second-order valence-corrected chi connectivity index (χ2v) is 3.57. The Morgan fingerprint density at radius 3 is 2.60 bits per heavy atom. The van der Waals surface area contributed by atoms with Crippen LogP contribution in [0.5, 0.6) is 0 Å². The van der Waals surface area contributed by atoms with E-state index in [1.807, 2.05) is 0 Å². The van der Waals surface area contributed by atoms with E-state index in [0.29, 0.717) is 5.56 Å². The van der Waals surface area contributed by atoms with Crippen LogP contribution in [0.25, 0.3) is 0 Å². The Bertz CT molecular complexity index is 349. The zero-order chi connectivity index (χ0) is 11.6. The molecule has 15 heavy (non-hydrogen) atoms. The molecule has 1 aromatic heterocycles. The molecule has 0 aromatic carbocycles. The predicted molar refractivity (Wildman–Crippen MR) is 50.6 cm³/mol. The van der Waals surface area contributed by atoms with Crippen molar-refractivity contribution in [2.75, 3.05) is 18.5 Å². The minimum atomic E-state index is -2.84. The highest BCUT2D eigenvalue weighted by Crippen LogP contribution is 2.19. The van der Waals surface area contributed by atoms with Crippen LogP contribution in [-0.2, 0) is 0 Å². The third-order valence-electron chi connectivity index (χ3n) is 1.79. The summed E-state index contributed by atoms with van der Waals surface area (Å²) < 4.78 is 38.1. The van der Waals surface area contributed by atoms with Gasteiger partial charge in [-0.15, -0.1) is 0 Å². The number of aromatic nitrogens is 2. The summed E-state index contributed by atoms with van der Waals surface area (Å²) in [5, 5.41) is 0. The highest BCUT2D eigenvalue weighted by Gasteiger charge is 2.25. The molecule has 1 rings (SSSR count). The second kappa shape index (κ2) is 4.04. The van der Waals surface area contributed by atoms with Crippen LogP contribution >= 0.6 is 0 Å². The number of halogens is 3. The van der Waals surface area contributed by atoms with Gasteiger partial charge in [-0.2, -0.15) is 9.37 Å². The van der Waals surface area contributed by atoms with Crippen molar-refractivity contribution in [1.29, 1.82) is 0 Å². The largest absolute Gasteiger partial charge is 0.353 e. The summed E-state index contributed by atoms with van der Waals surface area (Å²) in [6.45, 7) is 1.93. The van der Waals surface area contributed by atoms with Gasteiger partial charge in [0.1, 0.15) is 5.82 Å². The van der Waals surface area contributed by atoms with Gasteiger partial charge in [-0.05, 0) is 6.92 Å². The standard InChI is InChI=1S/C9H12F3N3/c1-6-4-13-8(10)14-7(6)15(3)5-9(2,11)12/h4H,5H2,1-3H3. The van der Waals surface area contributed by atoms with Crippen molar-refractivity contribution >= 4 is 5.82 Å². The van der Waals surface area contributed by atoms with Crippen molar-refractivity contribution < 1.29 is 13.2 Å². The Balaban J connectivity index is 2.90. The third kappa shape index (κ3) is 3.38. The van der Waals surface area contributed by atoms with Gasteiger partial charge in [0, 0.05) is 25.7 Å². The summed E-state index contributed by atoms with van der Waals surface area (Å²) in [5.74, 6) is -2.66. The minimum Gasteiger partial charge on any atom is -0.353 e. The Labute approximate surface area is 86.0 Å². The van der Waals surface area contributed by atoms with E-state index in [2.05, 4.69) is 9.97 Å². The lowest BCUT2D eigenvalue weighted by Gasteiger charge is -2.23. The Morgan fingerprint density at radius 2 is 2.07 bits per heavy atom. The van der Waals surface area contributed by atoms with Gasteiger partial charge in [0.2, 0.25) is 0 Å². The van der Waals surface area contributed by atoms with Crippen molar-refractivity contribution in [3.05, 3.63) is 17.8 Å². The fraction of sp³-hybridized carbons (Fsp3) is 0.556. The average Bonchev–Trinajstić information content (AvgIpc) is 2.06. The van der Waals surface area contributed by atoms with Gasteiger partial charge in [-0.1, -0.05) is 0 Å². The van der Waals surface area contributed by atoms with Gasteiger partial charge < -0.3 is 4.90 Å². The smallest absolute Gasteiger partial charge is 0.310 e. The molecule has 0 aliphatic heterocycles. The van der Waals surface area contributed by atoms with E-state index in [4.69, 9.17) is 0 Å². The van der Waals surface area contributed by atoms with Crippen molar-refractivity contribution in [2.24, 2.45) is 0 Å². The highest BCUT2D eigenvalue weighted by atomic mass is 19.3. The highest BCUT2D eigenvalue weighted by molar-refractivity contribution is 5.43. The Kier molecular flexibility index (Phi) is 3.16. The Hall–Kier alpha value is -1.33. The van der Waals surface area contributed by atoms with Crippen LogP contribution in [0.4, 0.5) is 19.0 Å². The molecule has 0 amide bonds. The van der Waals surface area contributed by atoms with E-state index in [1.165, 1.54) is 18.1 Å². The summed E-state index contributed by atoms with van der Waals surface area (Å²) in [7, 11) is 1.44. The molecule has 1 heterocycles. The SMILES string of the molecule is Cc1cnc(F)nc1N(C)CC(C)(F)F. The van der Waals surface area contributed by atoms with Crippen molar-refractivity contribution in [2.45, 2.75) is 19.8 Å². The van der Waals surface area contributed by atoms with E-state index in [0.717, 1.165) is 6.92 Å². The monoisotopic (exact) mass is 219 g/mol. The van der Waals surface area contributed by atoms with E-state index < -0.39 is 18.5 Å². The lowest BCUT2D eigenvalue weighted by Crippen LogP contribution is -2.33. The molecule has 0 bridgehead atoms. The molecule has 0 unspecified atom stereocenters. The van der Waals surface area contributed by atoms with Crippen LogP contribution in [-0.4, -0.2) is 29.5 Å². The minimum absolute atomic E-state index is 0.184. The lowest BCUT2D eigenvalue weighted by atomic mass is 10.3. The molecule has 0 atom stereocenters. The number of aryl methyl sites for hydroxylation is 1. The molecule has 0 saturated carbocycles. The van der Waals surface area contributed by atoms with E-state index in [1.54, 1.807) is 6.92 Å². The molecule has 6 heteroatoms.